The average molecular weight is 298 g/mol. The molecule has 0 radical (unpaired) electrons. The van der Waals surface area contributed by atoms with Crippen LogP contribution in [0.15, 0.2) is 46.7 Å². The van der Waals surface area contributed by atoms with Crippen LogP contribution in [-0.2, 0) is 4.79 Å². The Morgan fingerprint density at radius 2 is 2.33 bits per heavy atom. The molecular weight excluding hydrogens is 284 g/mol. The van der Waals surface area contributed by atoms with Crippen LogP contribution < -0.4 is 10.1 Å². The highest BCUT2D eigenvalue weighted by Crippen LogP contribution is 2.18. The summed E-state index contributed by atoms with van der Waals surface area (Å²) in [5.74, 6) is 0.243. The quantitative estimate of drug-likeness (QED) is 0.676. The van der Waals surface area contributed by atoms with Crippen LogP contribution in [0, 0.1) is 11.3 Å². The standard InChI is InChI=1S/C16H14N2O2S/c1-2-20-15-5-3-4-14(9-15)18-16(19)13(10-17)8-12-6-7-21-11-12/h3-9,11H,2H2,1H3,(H,18,19). The van der Waals surface area contributed by atoms with Gasteiger partial charge in [0.25, 0.3) is 5.91 Å². The van der Waals surface area contributed by atoms with Crippen LogP contribution in [0.5, 0.6) is 5.75 Å². The molecule has 0 saturated carbocycles. The molecule has 5 heteroatoms. The summed E-state index contributed by atoms with van der Waals surface area (Å²) in [6, 6.07) is 10.8. The van der Waals surface area contributed by atoms with Gasteiger partial charge in [-0.2, -0.15) is 16.6 Å². The molecule has 0 aliphatic heterocycles. The van der Waals surface area contributed by atoms with E-state index in [1.165, 1.54) is 11.3 Å². The van der Waals surface area contributed by atoms with Gasteiger partial charge >= 0.3 is 0 Å². The second-order valence-electron chi connectivity index (χ2n) is 4.14. The molecule has 4 nitrogen and oxygen atoms in total. The van der Waals surface area contributed by atoms with E-state index in [2.05, 4.69) is 5.32 Å². The summed E-state index contributed by atoms with van der Waals surface area (Å²) in [6.45, 7) is 2.45. The van der Waals surface area contributed by atoms with Crippen molar-refractivity contribution in [3.05, 3.63) is 52.2 Å². The molecule has 21 heavy (non-hydrogen) atoms. The van der Waals surface area contributed by atoms with Gasteiger partial charge in [0.1, 0.15) is 17.4 Å². The summed E-state index contributed by atoms with van der Waals surface area (Å²) in [4.78, 5) is 12.1. The maximum atomic E-state index is 12.1. The Hall–Kier alpha value is -2.58. The number of carbonyl (C=O) groups excluding carboxylic acids is 1. The molecule has 0 aliphatic rings. The molecule has 0 spiro atoms. The number of anilines is 1. The lowest BCUT2D eigenvalue weighted by molar-refractivity contribution is -0.112. The Kier molecular flexibility index (Phi) is 5.13. The lowest BCUT2D eigenvalue weighted by Crippen LogP contribution is -2.13. The summed E-state index contributed by atoms with van der Waals surface area (Å²) < 4.78 is 5.37. The second-order valence-corrected chi connectivity index (χ2v) is 4.92. The van der Waals surface area contributed by atoms with E-state index in [4.69, 9.17) is 10.00 Å². The number of nitrogens with one attached hydrogen (secondary N) is 1. The Balaban J connectivity index is 2.13. The van der Waals surface area contributed by atoms with Gasteiger partial charge in [-0.3, -0.25) is 4.79 Å². The third kappa shape index (κ3) is 4.20. The number of amides is 1. The van der Waals surface area contributed by atoms with Gasteiger partial charge in [0.15, 0.2) is 0 Å². The molecule has 1 aromatic carbocycles. The number of hydrogen-bond acceptors (Lipinski definition) is 4. The molecule has 1 aromatic heterocycles. The van der Waals surface area contributed by atoms with E-state index in [-0.39, 0.29) is 5.57 Å². The number of carbonyl (C=O) groups is 1. The van der Waals surface area contributed by atoms with E-state index in [0.717, 1.165) is 5.56 Å². The number of rotatable bonds is 5. The molecule has 1 N–H and O–H groups in total. The fraction of sp³-hybridized carbons (Fsp3) is 0.125. The zero-order valence-electron chi connectivity index (χ0n) is 11.5. The molecular formula is C16H14N2O2S. The Morgan fingerprint density at radius 1 is 1.48 bits per heavy atom. The molecule has 0 atom stereocenters. The molecule has 1 amide bonds. The normalized spacial score (nSPS) is 10.8. The number of hydrogen-bond donors (Lipinski definition) is 1. The summed E-state index contributed by atoms with van der Waals surface area (Å²) in [5, 5.41) is 15.6. The summed E-state index contributed by atoms with van der Waals surface area (Å²) in [7, 11) is 0. The van der Waals surface area contributed by atoms with Crippen molar-refractivity contribution in [3.8, 4) is 11.8 Å². The van der Waals surface area contributed by atoms with E-state index in [1.54, 1.807) is 24.3 Å². The van der Waals surface area contributed by atoms with Crippen LogP contribution in [0.4, 0.5) is 5.69 Å². The Bertz CT molecular complexity index is 685. The molecule has 1 heterocycles. The van der Waals surface area contributed by atoms with E-state index in [1.807, 2.05) is 35.9 Å². The number of nitriles is 1. The highest BCUT2D eigenvalue weighted by Gasteiger charge is 2.10. The van der Waals surface area contributed by atoms with Gasteiger partial charge in [0.2, 0.25) is 0 Å². The van der Waals surface area contributed by atoms with Crippen molar-refractivity contribution in [1.82, 2.24) is 0 Å². The van der Waals surface area contributed by atoms with E-state index >= 15 is 0 Å². The summed E-state index contributed by atoms with van der Waals surface area (Å²) in [6.07, 6.45) is 1.57. The summed E-state index contributed by atoms with van der Waals surface area (Å²) in [5.41, 5.74) is 1.50. The predicted molar refractivity (Wildman–Crippen MR) is 84.1 cm³/mol. The number of ether oxygens (including phenoxy) is 1. The molecule has 0 bridgehead atoms. The molecule has 2 rings (SSSR count). The molecule has 106 valence electrons. The van der Waals surface area contributed by atoms with Crippen LogP contribution in [0.2, 0.25) is 0 Å². The third-order valence-electron chi connectivity index (χ3n) is 2.62. The van der Waals surface area contributed by atoms with Crippen LogP contribution in [0.25, 0.3) is 6.08 Å². The Morgan fingerprint density at radius 3 is 3.00 bits per heavy atom. The minimum Gasteiger partial charge on any atom is -0.494 e. The maximum absolute atomic E-state index is 12.1. The monoisotopic (exact) mass is 298 g/mol. The maximum Gasteiger partial charge on any atom is 0.266 e. The largest absolute Gasteiger partial charge is 0.494 e. The van der Waals surface area contributed by atoms with Crippen molar-refractivity contribution >= 4 is 29.0 Å². The van der Waals surface area contributed by atoms with Gasteiger partial charge in [-0.05, 0) is 47.5 Å². The van der Waals surface area contributed by atoms with Crippen molar-refractivity contribution < 1.29 is 9.53 Å². The highest BCUT2D eigenvalue weighted by atomic mass is 32.1. The van der Waals surface area contributed by atoms with Gasteiger partial charge in [-0.15, -0.1) is 0 Å². The van der Waals surface area contributed by atoms with Gasteiger partial charge in [-0.25, -0.2) is 0 Å². The topological polar surface area (TPSA) is 62.1 Å². The fourth-order valence-electron chi connectivity index (χ4n) is 1.70. The molecule has 0 unspecified atom stereocenters. The van der Waals surface area contributed by atoms with Crippen LogP contribution in [0.1, 0.15) is 12.5 Å². The minimum atomic E-state index is -0.433. The van der Waals surface area contributed by atoms with Crippen molar-refractivity contribution in [2.45, 2.75) is 6.92 Å². The van der Waals surface area contributed by atoms with Crippen LogP contribution in [0.3, 0.4) is 0 Å². The first-order chi connectivity index (χ1) is 10.2. The third-order valence-corrected chi connectivity index (χ3v) is 3.32. The fourth-order valence-corrected chi connectivity index (χ4v) is 2.32. The van der Waals surface area contributed by atoms with Crippen molar-refractivity contribution in [1.29, 1.82) is 5.26 Å². The number of nitrogens with zero attached hydrogens (tertiary/aromatic N) is 1. The van der Waals surface area contributed by atoms with Crippen LogP contribution in [-0.4, -0.2) is 12.5 Å². The first-order valence-electron chi connectivity index (χ1n) is 6.41. The smallest absolute Gasteiger partial charge is 0.266 e. The van der Waals surface area contributed by atoms with Crippen molar-refractivity contribution in [2.75, 3.05) is 11.9 Å². The van der Waals surface area contributed by atoms with Crippen LogP contribution >= 0.6 is 11.3 Å². The van der Waals surface area contributed by atoms with E-state index in [0.29, 0.717) is 18.0 Å². The van der Waals surface area contributed by atoms with E-state index in [9.17, 15) is 4.79 Å². The molecule has 2 aromatic rings. The molecule has 0 saturated heterocycles. The Labute approximate surface area is 127 Å². The van der Waals surface area contributed by atoms with Crippen molar-refractivity contribution in [3.63, 3.8) is 0 Å². The van der Waals surface area contributed by atoms with Gasteiger partial charge in [0.05, 0.1) is 6.61 Å². The predicted octanol–water partition coefficient (Wildman–Crippen LogP) is 3.69. The number of thiophene rings is 1. The van der Waals surface area contributed by atoms with Gasteiger partial charge < -0.3 is 10.1 Å². The molecule has 0 aliphatic carbocycles. The van der Waals surface area contributed by atoms with Gasteiger partial charge in [0, 0.05) is 11.8 Å². The molecule has 0 fully saturated rings. The zero-order valence-corrected chi connectivity index (χ0v) is 12.3. The lowest BCUT2D eigenvalue weighted by Gasteiger charge is -2.07. The van der Waals surface area contributed by atoms with Crippen molar-refractivity contribution in [2.24, 2.45) is 0 Å². The first-order valence-corrected chi connectivity index (χ1v) is 7.35. The summed E-state index contributed by atoms with van der Waals surface area (Å²) >= 11 is 1.51. The average Bonchev–Trinajstić information content (AvgIpc) is 2.98. The number of benzene rings is 1. The lowest BCUT2D eigenvalue weighted by atomic mass is 10.2. The SMILES string of the molecule is CCOc1cccc(NC(=O)C(C#N)=Cc2ccsc2)c1. The first kappa shape index (κ1) is 14.8. The second kappa shape index (κ2) is 7.27. The van der Waals surface area contributed by atoms with E-state index < -0.39 is 5.91 Å². The highest BCUT2D eigenvalue weighted by molar-refractivity contribution is 7.08. The minimum absolute atomic E-state index is 0.0650. The zero-order chi connectivity index (χ0) is 15.1. The van der Waals surface area contributed by atoms with Gasteiger partial charge in [-0.1, -0.05) is 6.07 Å².